The molecule has 0 radical (unpaired) electrons. The van der Waals surface area contributed by atoms with Gasteiger partial charge in [0.2, 0.25) is 11.8 Å². The topological polar surface area (TPSA) is 341 Å². The molecule has 4 amide bonds. The van der Waals surface area contributed by atoms with Crippen LogP contribution in [0.1, 0.15) is 42.5 Å². The summed E-state index contributed by atoms with van der Waals surface area (Å²) in [4.78, 5) is 94.4. The van der Waals surface area contributed by atoms with Gasteiger partial charge in [-0.25, -0.2) is 19.2 Å². The first-order valence-corrected chi connectivity index (χ1v) is 20.0. The molecule has 11 N–H and O–H groups in total. The number of carboxylic acid groups (broad SMARTS) is 4. The number of carboxylic acids is 4. The zero-order valence-electron chi connectivity index (χ0n) is 34.0. The van der Waals surface area contributed by atoms with Crippen molar-refractivity contribution >= 4 is 75.7 Å². The lowest BCUT2D eigenvalue weighted by atomic mass is 9.90. The Bertz CT molecular complexity index is 2390. The van der Waals surface area contributed by atoms with Gasteiger partial charge in [-0.1, -0.05) is 6.07 Å². The summed E-state index contributed by atoms with van der Waals surface area (Å²) in [7, 11) is 0. The predicted molar refractivity (Wildman–Crippen MR) is 230 cm³/mol. The first kappa shape index (κ1) is 49.3. The number of aromatic hydroxyl groups is 1. The molecule has 1 aliphatic heterocycles. The average molecular weight is 911 g/mol. The Balaban J connectivity index is 1.08. The van der Waals surface area contributed by atoms with Crippen molar-refractivity contribution in [1.82, 2.24) is 26.6 Å². The number of phenolic OH excluding ortho intramolecular Hbond substituents is 1. The molecule has 0 spiro atoms. The van der Waals surface area contributed by atoms with Crippen LogP contribution in [0.3, 0.4) is 0 Å². The number of carbonyl (C=O) groups is 7. The number of thiocarbonyl (C=S) groups is 1. The molecule has 23 heteroatoms. The standard InChI is InChI=1S/C41H46N6O16S/c48-23-2-5-26-31(20-23)63-32-21-24(49)3-6-27(32)36(26)25-4-1-22(19-28(25)37(54)55)45-41(64)44-14-16-62-18-17-61-15-11-34(51)43-13-12-42-33(50)9-7-29(38(56)57)46-40(60)47-30(39(58)59)8-10-35(52)53/h1-6,19-21,29-30,48H,7-18H2,(H,42,50)(H,43,51)(H,52,53)(H,54,55)(H,56,57)(H,58,59)(H2,44,45,64)(H2,46,47,60)/t29-,30-/m0/s1. The molecule has 2 aliphatic rings. The van der Waals surface area contributed by atoms with E-state index >= 15 is 0 Å². The van der Waals surface area contributed by atoms with E-state index in [0.717, 1.165) is 0 Å². The minimum absolute atomic E-state index is 0.0221. The molecule has 1 heterocycles. The number of urea groups is 1. The Morgan fingerprint density at radius 1 is 0.672 bits per heavy atom. The van der Waals surface area contributed by atoms with Gasteiger partial charge in [-0.2, -0.15) is 0 Å². The van der Waals surface area contributed by atoms with Gasteiger partial charge < -0.3 is 71.3 Å². The Kier molecular flexibility index (Phi) is 18.7. The number of fused-ring (bicyclic) bond motifs is 2. The number of ether oxygens (including phenoxy) is 2. The maximum atomic E-state index is 12.5. The number of phenols is 1. The molecule has 2 aromatic rings. The number of nitrogens with one attached hydrogen (secondary N) is 6. The summed E-state index contributed by atoms with van der Waals surface area (Å²) in [5.74, 6) is -6.24. The second-order valence-electron chi connectivity index (χ2n) is 13.8. The van der Waals surface area contributed by atoms with Crippen molar-refractivity contribution in [3.05, 3.63) is 70.4 Å². The zero-order chi connectivity index (χ0) is 46.8. The molecule has 2 aromatic carbocycles. The maximum Gasteiger partial charge on any atom is 0.336 e. The maximum absolute atomic E-state index is 12.5. The quantitative estimate of drug-likeness (QED) is 0.0256. The van der Waals surface area contributed by atoms with Gasteiger partial charge in [0.15, 0.2) is 10.5 Å². The fraction of sp³-hybridized carbons (Fsp3) is 0.341. The van der Waals surface area contributed by atoms with Crippen LogP contribution in [-0.2, 0) is 33.4 Å². The fourth-order valence-electron chi connectivity index (χ4n) is 6.06. The third-order valence-corrected chi connectivity index (χ3v) is 9.36. The highest BCUT2D eigenvalue weighted by Gasteiger charge is 2.26. The van der Waals surface area contributed by atoms with Gasteiger partial charge in [0.1, 0.15) is 29.2 Å². The molecule has 0 bridgehead atoms. The minimum Gasteiger partial charge on any atom is -0.508 e. The smallest absolute Gasteiger partial charge is 0.336 e. The molecule has 0 aromatic heterocycles. The largest absolute Gasteiger partial charge is 0.508 e. The first-order valence-electron chi connectivity index (χ1n) is 19.6. The number of carbonyl (C=O) groups excluding carboxylic acids is 3. The third-order valence-electron chi connectivity index (χ3n) is 9.11. The monoisotopic (exact) mass is 910 g/mol. The normalized spacial score (nSPS) is 11.8. The van der Waals surface area contributed by atoms with Crippen LogP contribution in [0.4, 0.5) is 10.5 Å². The summed E-state index contributed by atoms with van der Waals surface area (Å²) in [6.45, 7) is 1.12. The van der Waals surface area contributed by atoms with Crippen LogP contribution in [0.2, 0.25) is 0 Å². The zero-order valence-corrected chi connectivity index (χ0v) is 34.8. The molecule has 1 aliphatic carbocycles. The van der Waals surface area contributed by atoms with Gasteiger partial charge in [-0.3, -0.25) is 19.2 Å². The summed E-state index contributed by atoms with van der Waals surface area (Å²) in [6.07, 6.45) is -1.61. The van der Waals surface area contributed by atoms with Crippen molar-refractivity contribution in [2.45, 2.75) is 44.2 Å². The van der Waals surface area contributed by atoms with E-state index in [1.165, 1.54) is 30.3 Å². The molecular weight excluding hydrogens is 865 g/mol. The van der Waals surface area contributed by atoms with Gasteiger partial charge in [-0.05, 0) is 67.0 Å². The molecule has 2 atom stereocenters. The van der Waals surface area contributed by atoms with Gasteiger partial charge in [0.05, 0.1) is 32.0 Å². The van der Waals surface area contributed by atoms with Crippen molar-refractivity contribution in [2.75, 3.05) is 51.4 Å². The van der Waals surface area contributed by atoms with E-state index in [1.54, 1.807) is 24.3 Å². The molecule has 0 saturated heterocycles. The molecular formula is C41H46N6O16S. The Labute approximate surface area is 368 Å². The molecule has 64 heavy (non-hydrogen) atoms. The minimum atomic E-state index is -1.57. The SMILES string of the molecule is O=C(O)CC[C@H](NC(=O)N[C@@H](CCC(=O)NCCNC(=O)CCOCCOCCNC(=S)Nc1ccc(-c2c3ccc(=O)cc-3oc3cc(O)ccc23)c(C(=O)O)c1)C(=O)O)C(=O)O. The van der Waals surface area contributed by atoms with E-state index in [9.17, 15) is 53.7 Å². The highest BCUT2D eigenvalue weighted by atomic mass is 32.1. The first-order chi connectivity index (χ1) is 30.5. The van der Waals surface area contributed by atoms with Crippen LogP contribution in [0.25, 0.3) is 33.4 Å². The Morgan fingerprint density at radius 2 is 1.30 bits per heavy atom. The molecule has 22 nitrogen and oxygen atoms in total. The number of amides is 4. The van der Waals surface area contributed by atoms with Crippen LogP contribution >= 0.6 is 12.2 Å². The summed E-state index contributed by atoms with van der Waals surface area (Å²) in [6, 6.07) is 9.08. The lowest BCUT2D eigenvalue weighted by molar-refractivity contribution is -0.141. The van der Waals surface area contributed by atoms with Crippen molar-refractivity contribution in [2.24, 2.45) is 0 Å². The molecule has 4 rings (SSSR count). The number of aromatic carboxylic acids is 1. The number of hydrogen-bond donors (Lipinski definition) is 11. The van der Waals surface area contributed by atoms with E-state index in [0.29, 0.717) is 34.3 Å². The fourth-order valence-corrected chi connectivity index (χ4v) is 6.28. The number of hydrogen-bond acceptors (Lipinski definition) is 13. The van der Waals surface area contributed by atoms with Crippen LogP contribution in [0.15, 0.2) is 63.8 Å². The highest BCUT2D eigenvalue weighted by Crippen LogP contribution is 2.42. The lowest BCUT2D eigenvalue weighted by Gasteiger charge is -2.18. The molecule has 0 saturated carbocycles. The van der Waals surface area contributed by atoms with Crippen LogP contribution < -0.4 is 37.3 Å². The lowest BCUT2D eigenvalue weighted by Crippen LogP contribution is -2.51. The summed E-state index contributed by atoms with van der Waals surface area (Å²) < 4.78 is 16.8. The van der Waals surface area contributed by atoms with E-state index in [4.69, 9.17) is 36.3 Å². The van der Waals surface area contributed by atoms with Crippen molar-refractivity contribution < 1.29 is 73.0 Å². The Morgan fingerprint density at radius 3 is 1.94 bits per heavy atom. The highest BCUT2D eigenvalue weighted by molar-refractivity contribution is 7.80. The van der Waals surface area contributed by atoms with Crippen molar-refractivity contribution in [3.63, 3.8) is 0 Å². The third kappa shape index (κ3) is 15.5. The van der Waals surface area contributed by atoms with Crippen LogP contribution in [0, 0.1) is 0 Å². The van der Waals surface area contributed by atoms with E-state index in [-0.39, 0.29) is 97.9 Å². The van der Waals surface area contributed by atoms with Gasteiger partial charge in [0, 0.05) is 73.2 Å². The second kappa shape index (κ2) is 24.3. The van der Waals surface area contributed by atoms with Crippen LogP contribution in [0.5, 0.6) is 5.75 Å². The molecule has 0 unspecified atom stereocenters. The van der Waals surface area contributed by atoms with Gasteiger partial charge in [0.25, 0.3) is 0 Å². The van der Waals surface area contributed by atoms with E-state index < -0.39 is 60.7 Å². The van der Waals surface area contributed by atoms with Crippen LogP contribution in [-0.4, -0.2) is 131 Å². The van der Waals surface area contributed by atoms with Crippen molar-refractivity contribution in [3.8, 4) is 28.2 Å². The van der Waals surface area contributed by atoms with Crippen molar-refractivity contribution in [1.29, 1.82) is 0 Å². The summed E-state index contributed by atoms with van der Waals surface area (Å²) >= 11 is 5.37. The molecule has 342 valence electrons. The van der Waals surface area contributed by atoms with E-state index in [1.807, 2.05) is 10.6 Å². The number of benzene rings is 3. The predicted octanol–water partition coefficient (Wildman–Crippen LogP) is 1.76. The average Bonchev–Trinajstić information content (AvgIpc) is 3.23. The van der Waals surface area contributed by atoms with Gasteiger partial charge >= 0.3 is 29.9 Å². The van der Waals surface area contributed by atoms with E-state index in [2.05, 4.69) is 21.3 Å². The molecule has 0 fully saturated rings. The number of aliphatic carboxylic acids is 3. The Hall–Kier alpha value is -7.37. The number of anilines is 1. The second-order valence-corrected chi connectivity index (χ2v) is 14.2. The summed E-state index contributed by atoms with van der Waals surface area (Å²) in [5.41, 5.74) is 1.67. The number of rotatable bonds is 25. The van der Waals surface area contributed by atoms with Gasteiger partial charge in [-0.15, -0.1) is 0 Å². The summed E-state index contributed by atoms with van der Waals surface area (Å²) in [5, 5.41) is 63.2.